The predicted octanol–water partition coefficient (Wildman–Crippen LogP) is 1.55. The van der Waals surface area contributed by atoms with Crippen molar-refractivity contribution in [2.75, 3.05) is 36.3 Å². The van der Waals surface area contributed by atoms with Gasteiger partial charge in [0, 0.05) is 12.1 Å². The quantitative estimate of drug-likeness (QED) is 0.609. The lowest BCUT2D eigenvalue weighted by molar-refractivity contribution is -0.119. The number of ether oxygens (including phenoxy) is 1. The van der Waals surface area contributed by atoms with Crippen LogP contribution in [-0.4, -0.2) is 65.2 Å². The summed E-state index contributed by atoms with van der Waals surface area (Å²) in [6.45, 7) is 9.48. The molecule has 11 heteroatoms. The Hall–Kier alpha value is -1.69. The SMILES string of the molecule is CCOc1ccc(N2C(=O)C(C)CS2(=O)=O)cc1S(=O)(=O)NCC(C)(C)N1CCCC1. The summed E-state index contributed by atoms with van der Waals surface area (Å²) in [5.41, 5.74) is -0.381. The summed E-state index contributed by atoms with van der Waals surface area (Å²) in [5.74, 6) is -1.45. The second kappa shape index (κ2) is 8.68. The second-order valence-electron chi connectivity index (χ2n) is 8.68. The summed E-state index contributed by atoms with van der Waals surface area (Å²) < 4.78 is 60.2. The summed E-state index contributed by atoms with van der Waals surface area (Å²) >= 11 is 0. The minimum Gasteiger partial charge on any atom is -0.492 e. The molecule has 3 rings (SSSR count). The molecule has 0 saturated carbocycles. The Morgan fingerprint density at radius 3 is 2.42 bits per heavy atom. The topological polar surface area (TPSA) is 113 Å². The van der Waals surface area contributed by atoms with E-state index in [1.807, 2.05) is 13.8 Å². The number of amides is 1. The van der Waals surface area contributed by atoms with Crippen LogP contribution >= 0.6 is 0 Å². The molecule has 2 aliphatic heterocycles. The van der Waals surface area contributed by atoms with Crippen LogP contribution in [0.2, 0.25) is 0 Å². The number of sulfonamides is 2. The highest BCUT2D eigenvalue weighted by Gasteiger charge is 2.42. The van der Waals surface area contributed by atoms with E-state index in [0.29, 0.717) is 4.31 Å². The maximum Gasteiger partial charge on any atom is 0.244 e. The molecule has 9 nitrogen and oxygen atoms in total. The fraction of sp³-hybridized carbons (Fsp3) is 0.650. The van der Waals surface area contributed by atoms with Crippen molar-refractivity contribution in [3.63, 3.8) is 0 Å². The second-order valence-corrected chi connectivity index (χ2v) is 12.3. The number of benzene rings is 1. The molecule has 174 valence electrons. The molecule has 0 radical (unpaired) electrons. The average Bonchev–Trinajstić information content (AvgIpc) is 3.29. The van der Waals surface area contributed by atoms with Gasteiger partial charge in [-0.3, -0.25) is 9.69 Å². The maximum absolute atomic E-state index is 13.2. The van der Waals surface area contributed by atoms with E-state index < -0.39 is 31.9 Å². The van der Waals surface area contributed by atoms with Crippen molar-refractivity contribution < 1.29 is 26.4 Å². The molecular formula is C20H31N3O6S2. The van der Waals surface area contributed by atoms with Crippen LogP contribution in [-0.2, 0) is 24.8 Å². The van der Waals surface area contributed by atoms with Gasteiger partial charge >= 0.3 is 0 Å². The van der Waals surface area contributed by atoms with Crippen molar-refractivity contribution >= 4 is 31.6 Å². The molecule has 2 fully saturated rings. The number of anilines is 1. The summed E-state index contributed by atoms with van der Waals surface area (Å²) in [6.07, 6.45) is 2.17. The van der Waals surface area contributed by atoms with E-state index in [1.54, 1.807) is 6.92 Å². The molecule has 0 bridgehead atoms. The van der Waals surface area contributed by atoms with Crippen LogP contribution in [0, 0.1) is 5.92 Å². The van der Waals surface area contributed by atoms with Crippen LogP contribution in [0.25, 0.3) is 0 Å². The first-order valence-electron chi connectivity index (χ1n) is 10.5. The van der Waals surface area contributed by atoms with Gasteiger partial charge in [0.05, 0.1) is 24.0 Å². The monoisotopic (exact) mass is 473 g/mol. The molecule has 1 amide bonds. The standard InChI is InChI=1S/C20H31N3O6S2/c1-5-29-17-9-8-16(23-19(24)15(2)13-30(23,25)26)12-18(17)31(27,28)21-14-20(3,4)22-10-6-7-11-22/h8-9,12,15,21H,5-7,10-11,13-14H2,1-4H3. The Kier molecular flexibility index (Phi) is 6.71. The van der Waals surface area contributed by atoms with E-state index in [1.165, 1.54) is 25.1 Å². The lowest BCUT2D eigenvalue weighted by Gasteiger charge is -2.35. The number of hydrogen-bond donors (Lipinski definition) is 1. The molecule has 0 aromatic heterocycles. The number of likely N-dealkylation sites (tertiary alicyclic amines) is 1. The van der Waals surface area contributed by atoms with Crippen molar-refractivity contribution in [2.24, 2.45) is 5.92 Å². The highest BCUT2D eigenvalue weighted by atomic mass is 32.2. The van der Waals surface area contributed by atoms with Gasteiger partial charge in [-0.25, -0.2) is 25.9 Å². The minimum absolute atomic E-state index is 0.00280. The van der Waals surface area contributed by atoms with Gasteiger partial charge in [-0.2, -0.15) is 0 Å². The predicted molar refractivity (Wildman–Crippen MR) is 118 cm³/mol. The van der Waals surface area contributed by atoms with Gasteiger partial charge in [0.25, 0.3) is 0 Å². The van der Waals surface area contributed by atoms with Crippen LogP contribution in [0.1, 0.15) is 40.5 Å². The number of hydrogen-bond acceptors (Lipinski definition) is 7. The van der Waals surface area contributed by atoms with E-state index in [4.69, 9.17) is 4.74 Å². The van der Waals surface area contributed by atoms with Gasteiger partial charge in [-0.1, -0.05) is 6.92 Å². The molecule has 31 heavy (non-hydrogen) atoms. The number of carbonyl (C=O) groups is 1. The number of carbonyl (C=O) groups excluding carboxylic acids is 1. The lowest BCUT2D eigenvalue weighted by Crippen LogP contribution is -2.50. The van der Waals surface area contributed by atoms with Gasteiger partial charge < -0.3 is 4.74 Å². The number of nitrogens with zero attached hydrogens (tertiary/aromatic N) is 2. The van der Waals surface area contributed by atoms with Crippen LogP contribution in [0.3, 0.4) is 0 Å². The zero-order chi connectivity index (χ0) is 23.0. The summed E-state index contributed by atoms with van der Waals surface area (Å²) in [6, 6.07) is 3.99. The molecule has 2 aliphatic rings. The Morgan fingerprint density at radius 2 is 1.87 bits per heavy atom. The molecule has 1 N–H and O–H groups in total. The zero-order valence-corrected chi connectivity index (χ0v) is 20.1. The summed E-state index contributed by atoms with van der Waals surface area (Å²) in [4.78, 5) is 14.5. The van der Waals surface area contributed by atoms with Crippen molar-refractivity contribution in [3.05, 3.63) is 18.2 Å². The third-order valence-electron chi connectivity index (χ3n) is 5.77. The highest BCUT2D eigenvalue weighted by Crippen LogP contribution is 2.34. The molecular weight excluding hydrogens is 442 g/mol. The fourth-order valence-corrected chi connectivity index (χ4v) is 7.16. The van der Waals surface area contributed by atoms with Gasteiger partial charge in [0.1, 0.15) is 10.6 Å². The van der Waals surface area contributed by atoms with Crippen molar-refractivity contribution in [2.45, 2.75) is 51.0 Å². The Bertz CT molecular complexity index is 1050. The number of nitrogens with one attached hydrogen (secondary N) is 1. The van der Waals surface area contributed by atoms with E-state index in [2.05, 4.69) is 9.62 Å². The molecule has 1 aromatic carbocycles. The van der Waals surface area contributed by atoms with E-state index in [0.717, 1.165) is 25.9 Å². The fourth-order valence-electron chi connectivity index (χ4n) is 3.98. The third-order valence-corrected chi connectivity index (χ3v) is 9.06. The summed E-state index contributed by atoms with van der Waals surface area (Å²) in [7, 11) is -7.88. The van der Waals surface area contributed by atoms with Gasteiger partial charge in [-0.15, -0.1) is 0 Å². The smallest absolute Gasteiger partial charge is 0.244 e. The van der Waals surface area contributed by atoms with E-state index in [9.17, 15) is 21.6 Å². The van der Waals surface area contributed by atoms with Crippen LogP contribution in [0.4, 0.5) is 5.69 Å². The molecule has 1 aromatic rings. The molecule has 2 saturated heterocycles. The van der Waals surface area contributed by atoms with Crippen LogP contribution in [0.5, 0.6) is 5.75 Å². The van der Waals surface area contributed by atoms with Crippen molar-refractivity contribution in [1.82, 2.24) is 9.62 Å². The largest absolute Gasteiger partial charge is 0.492 e. The van der Waals surface area contributed by atoms with Crippen LogP contribution < -0.4 is 13.8 Å². The Morgan fingerprint density at radius 1 is 1.23 bits per heavy atom. The first-order valence-corrected chi connectivity index (χ1v) is 13.6. The minimum atomic E-state index is -4.03. The van der Waals surface area contributed by atoms with Crippen molar-refractivity contribution in [1.29, 1.82) is 0 Å². The van der Waals surface area contributed by atoms with Gasteiger partial charge in [-0.05, 0) is 64.9 Å². The molecule has 2 heterocycles. The molecule has 0 aliphatic carbocycles. The summed E-state index contributed by atoms with van der Waals surface area (Å²) in [5, 5.41) is 0. The van der Waals surface area contributed by atoms with Crippen LogP contribution in [0.15, 0.2) is 23.1 Å². The normalized spacial score (nSPS) is 22.3. The van der Waals surface area contributed by atoms with Gasteiger partial charge in [0.2, 0.25) is 26.0 Å². The lowest BCUT2D eigenvalue weighted by atomic mass is 10.0. The van der Waals surface area contributed by atoms with Gasteiger partial charge in [0.15, 0.2) is 0 Å². The molecule has 0 spiro atoms. The highest BCUT2D eigenvalue weighted by molar-refractivity contribution is 7.94. The number of rotatable bonds is 8. The zero-order valence-electron chi connectivity index (χ0n) is 18.4. The molecule has 1 unspecified atom stereocenters. The van der Waals surface area contributed by atoms with E-state index in [-0.39, 0.29) is 40.8 Å². The first kappa shape index (κ1) is 24.0. The Labute approximate surface area is 184 Å². The Balaban J connectivity index is 1.94. The average molecular weight is 474 g/mol. The third kappa shape index (κ3) is 4.89. The first-order chi connectivity index (χ1) is 14.4. The maximum atomic E-state index is 13.2. The van der Waals surface area contributed by atoms with Crippen molar-refractivity contribution in [3.8, 4) is 5.75 Å². The van der Waals surface area contributed by atoms with E-state index >= 15 is 0 Å². The molecule has 1 atom stereocenters.